The van der Waals surface area contributed by atoms with Crippen molar-refractivity contribution in [2.45, 2.75) is 18.8 Å². The Morgan fingerprint density at radius 1 is 1.35 bits per heavy atom. The number of rotatable bonds is 5. The minimum Gasteiger partial charge on any atom is -0.497 e. The highest BCUT2D eigenvalue weighted by Crippen LogP contribution is 2.22. The van der Waals surface area contributed by atoms with E-state index in [2.05, 4.69) is 17.0 Å². The maximum atomic E-state index is 5.91. The molecular weight excluding hydrogens is 212 g/mol. The highest BCUT2D eigenvalue weighted by molar-refractivity contribution is 5.31. The van der Waals surface area contributed by atoms with Gasteiger partial charge in [0.05, 0.1) is 7.11 Å². The van der Waals surface area contributed by atoms with Gasteiger partial charge in [0, 0.05) is 19.0 Å². The fraction of sp³-hybridized carbons (Fsp3) is 0.571. The van der Waals surface area contributed by atoms with E-state index < -0.39 is 0 Å². The zero-order chi connectivity index (χ0) is 12.1. The lowest BCUT2D eigenvalue weighted by Crippen LogP contribution is -2.29. The van der Waals surface area contributed by atoms with Crippen LogP contribution in [0, 0.1) is 0 Å². The van der Waals surface area contributed by atoms with Crippen LogP contribution in [-0.4, -0.2) is 38.2 Å². The predicted molar refractivity (Wildman–Crippen MR) is 70.5 cm³/mol. The van der Waals surface area contributed by atoms with Crippen LogP contribution in [0.5, 0.6) is 5.75 Å². The summed E-state index contributed by atoms with van der Waals surface area (Å²) in [5.41, 5.74) is 7.20. The predicted octanol–water partition coefficient (Wildman–Crippen LogP) is 1.83. The van der Waals surface area contributed by atoms with E-state index in [4.69, 9.17) is 10.5 Å². The zero-order valence-electron chi connectivity index (χ0n) is 10.6. The lowest BCUT2D eigenvalue weighted by Gasteiger charge is -2.22. The van der Waals surface area contributed by atoms with Gasteiger partial charge in [0.15, 0.2) is 0 Å². The fourth-order valence-corrected chi connectivity index (χ4v) is 2.49. The number of methoxy groups -OCH3 is 1. The van der Waals surface area contributed by atoms with Crippen molar-refractivity contribution in [3.8, 4) is 5.75 Å². The Morgan fingerprint density at radius 3 is 2.76 bits per heavy atom. The van der Waals surface area contributed by atoms with E-state index in [0.717, 1.165) is 12.3 Å². The molecular formula is C14H22N2O. The molecule has 2 rings (SSSR count). The van der Waals surface area contributed by atoms with Crippen LogP contribution in [0.25, 0.3) is 0 Å². The molecule has 1 aromatic carbocycles. The monoisotopic (exact) mass is 234 g/mol. The van der Waals surface area contributed by atoms with Crippen LogP contribution in [0.15, 0.2) is 24.3 Å². The maximum absolute atomic E-state index is 5.91. The molecule has 1 saturated heterocycles. The Balaban J connectivity index is 2.04. The molecule has 1 aromatic rings. The average molecular weight is 234 g/mol. The van der Waals surface area contributed by atoms with E-state index in [1.165, 1.54) is 31.5 Å². The van der Waals surface area contributed by atoms with Gasteiger partial charge in [-0.1, -0.05) is 12.1 Å². The van der Waals surface area contributed by atoms with Crippen LogP contribution in [-0.2, 0) is 0 Å². The van der Waals surface area contributed by atoms with Crippen molar-refractivity contribution in [2.75, 3.05) is 33.3 Å². The third kappa shape index (κ3) is 3.20. The van der Waals surface area contributed by atoms with Crippen molar-refractivity contribution in [1.82, 2.24) is 4.90 Å². The molecule has 3 heteroatoms. The summed E-state index contributed by atoms with van der Waals surface area (Å²) in [6.07, 6.45) is 2.66. The molecule has 1 atom stereocenters. The number of hydrogen-bond acceptors (Lipinski definition) is 3. The van der Waals surface area contributed by atoms with Crippen molar-refractivity contribution in [3.63, 3.8) is 0 Å². The lowest BCUT2D eigenvalue weighted by atomic mass is 9.98. The Labute approximate surface area is 104 Å². The first-order valence-electron chi connectivity index (χ1n) is 6.40. The van der Waals surface area contributed by atoms with E-state index in [1.54, 1.807) is 7.11 Å². The molecule has 0 bridgehead atoms. The summed E-state index contributed by atoms with van der Waals surface area (Å²) in [5, 5.41) is 0. The molecule has 94 valence electrons. The Morgan fingerprint density at radius 2 is 2.12 bits per heavy atom. The molecule has 0 spiro atoms. The summed E-state index contributed by atoms with van der Waals surface area (Å²) in [6.45, 7) is 4.22. The number of ether oxygens (including phenoxy) is 1. The number of benzene rings is 1. The van der Waals surface area contributed by atoms with Gasteiger partial charge in [0.2, 0.25) is 0 Å². The summed E-state index contributed by atoms with van der Waals surface area (Å²) < 4.78 is 5.27. The second kappa shape index (κ2) is 6.03. The lowest BCUT2D eigenvalue weighted by molar-refractivity contribution is 0.315. The third-order valence-corrected chi connectivity index (χ3v) is 3.53. The molecule has 3 nitrogen and oxygen atoms in total. The topological polar surface area (TPSA) is 38.5 Å². The SMILES string of the molecule is COc1cccc(C(CN)CN2CCCC2)c1. The van der Waals surface area contributed by atoms with Gasteiger partial charge in [0.1, 0.15) is 5.75 Å². The normalized spacial score (nSPS) is 18.2. The van der Waals surface area contributed by atoms with Crippen molar-refractivity contribution in [2.24, 2.45) is 5.73 Å². The molecule has 0 radical (unpaired) electrons. The van der Waals surface area contributed by atoms with Gasteiger partial charge < -0.3 is 15.4 Å². The van der Waals surface area contributed by atoms with Crippen LogP contribution in [0.4, 0.5) is 0 Å². The van der Waals surface area contributed by atoms with E-state index in [9.17, 15) is 0 Å². The van der Waals surface area contributed by atoms with Gasteiger partial charge in [-0.15, -0.1) is 0 Å². The highest BCUT2D eigenvalue weighted by Gasteiger charge is 2.18. The van der Waals surface area contributed by atoms with E-state index in [0.29, 0.717) is 12.5 Å². The van der Waals surface area contributed by atoms with E-state index in [-0.39, 0.29) is 0 Å². The zero-order valence-corrected chi connectivity index (χ0v) is 10.6. The summed E-state index contributed by atoms with van der Waals surface area (Å²) in [4.78, 5) is 2.51. The second-order valence-electron chi connectivity index (χ2n) is 4.72. The third-order valence-electron chi connectivity index (χ3n) is 3.53. The number of nitrogens with zero attached hydrogens (tertiary/aromatic N) is 1. The number of nitrogens with two attached hydrogens (primary N) is 1. The quantitative estimate of drug-likeness (QED) is 0.844. The van der Waals surface area contributed by atoms with Crippen molar-refractivity contribution in [3.05, 3.63) is 29.8 Å². The molecule has 1 unspecified atom stereocenters. The van der Waals surface area contributed by atoms with Crippen molar-refractivity contribution >= 4 is 0 Å². The summed E-state index contributed by atoms with van der Waals surface area (Å²) in [6, 6.07) is 8.28. The molecule has 2 N–H and O–H groups in total. The number of hydrogen-bond donors (Lipinski definition) is 1. The maximum Gasteiger partial charge on any atom is 0.119 e. The van der Waals surface area contributed by atoms with Gasteiger partial charge >= 0.3 is 0 Å². The largest absolute Gasteiger partial charge is 0.497 e. The molecule has 0 aromatic heterocycles. The molecule has 1 aliphatic rings. The standard InChI is InChI=1S/C14H22N2O/c1-17-14-6-4-5-12(9-14)13(10-15)11-16-7-2-3-8-16/h4-6,9,13H,2-3,7-8,10-11,15H2,1H3. The Hall–Kier alpha value is -1.06. The van der Waals surface area contributed by atoms with Crippen LogP contribution in [0.1, 0.15) is 24.3 Å². The fourth-order valence-electron chi connectivity index (χ4n) is 2.49. The molecule has 1 fully saturated rings. The Kier molecular flexibility index (Phi) is 4.40. The minimum absolute atomic E-state index is 0.420. The smallest absolute Gasteiger partial charge is 0.119 e. The van der Waals surface area contributed by atoms with Gasteiger partial charge in [-0.3, -0.25) is 0 Å². The van der Waals surface area contributed by atoms with Crippen molar-refractivity contribution in [1.29, 1.82) is 0 Å². The van der Waals surface area contributed by atoms with Crippen LogP contribution < -0.4 is 10.5 Å². The van der Waals surface area contributed by atoms with Crippen LogP contribution in [0.2, 0.25) is 0 Å². The minimum atomic E-state index is 0.420. The van der Waals surface area contributed by atoms with Gasteiger partial charge in [-0.05, 0) is 43.6 Å². The molecule has 0 amide bonds. The van der Waals surface area contributed by atoms with E-state index >= 15 is 0 Å². The van der Waals surface area contributed by atoms with Crippen LogP contribution >= 0.6 is 0 Å². The van der Waals surface area contributed by atoms with E-state index in [1.807, 2.05) is 12.1 Å². The first kappa shape index (κ1) is 12.4. The number of likely N-dealkylation sites (tertiary alicyclic amines) is 1. The Bertz CT molecular complexity index is 348. The molecule has 1 heterocycles. The van der Waals surface area contributed by atoms with Gasteiger partial charge in [-0.2, -0.15) is 0 Å². The highest BCUT2D eigenvalue weighted by atomic mass is 16.5. The molecule has 0 aliphatic carbocycles. The first-order chi connectivity index (χ1) is 8.33. The summed E-state index contributed by atoms with van der Waals surface area (Å²) >= 11 is 0. The molecule has 1 aliphatic heterocycles. The van der Waals surface area contributed by atoms with Crippen LogP contribution in [0.3, 0.4) is 0 Å². The molecule has 0 saturated carbocycles. The summed E-state index contributed by atoms with van der Waals surface area (Å²) in [7, 11) is 1.71. The van der Waals surface area contributed by atoms with Gasteiger partial charge in [0.25, 0.3) is 0 Å². The average Bonchev–Trinajstić information content (AvgIpc) is 2.89. The van der Waals surface area contributed by atoms with Gasteiger partial charge in [-0.25, -0.2) is 0 Å². The summed E-state index contributed by atoms with van der Waals surface area (Å²) in [5.74, 6) is 1.34. The first-order valence-corrected chi connectivity index (χ1v) is 6.40. The van der Waals surface area contributed by atoms with Crippen molar-refractivity contribution < 1.29 is 4.74 Å². The molecule has 17 heavy (non-hydrogen) atoms. The second-order valence-corrected chi connectivity index (χ2v) is 4.72.